The second-order valence-electron chi connectivity index (χ2n) is 5.46. The van der Waals surface area contributed by atoms with Crippen LogP contribution in [-0.2, 0) is 6.54 Å². The van der Waals surface area contributed by atoms with E-state index in [0.717, 1.165) is 25.9 Å². The number of piperidine rings is 1. The van der Waals surface area contributed by atoms with E-state index in [9.17, 15) is 14.5 Å². The van der Waals surface area contributed by atoms with Crippen molar-refractivity contribution in [1.29, 1.82) is 0 Å². The molecule has 2 rings (SSSR count). The molecule has 1 aliphatic rings. The van der Waals surface area contributed by atoms with Crippen LogP contribution in [0.25, 0.3) is 0 Å². The minimum Gasteiger partial charge on any atom is -0.306 e. The monoisotopic (exact) mass is 281 g/mol. The molecule has 20 heavy (non-hydrogen) atoms. The number of rotatable bonds is 4. The molecule has 1 heterocycles. The van der Waals surface area contributed by atoms with Gasteiger partial charge in [0.05, 0.1) is 4.92 Å². The molecule has 0 atom stereocenters. The lowest BCUT2D eigenvalue weighted by molar-refractivity contribution is -0.387. The van der Waals surface area contributed by atoms with Gasteiger partial charge in [0, 0.05) is 24.2 Å². The van der Waals surface area contributed by atoms with Crippen molar-refractivity contribution in [2.45, 2.75) is 25.4 Å². The third-order valence-electron chi connectivity index (χ3n) is 3.99. The van der Waals surface area contributed by atoms with Crippen molar-refractivity contribution in [3.8, 4) is 0 Å². The molecule has 0 spiro atoms. The molecular weight excluding hydrogens is 261 g/mol. The molecule has 1 aromatic carbocycles. The van der Waals surface area contributed by atoms with Gasteiger partial charge in [-0.25, -0.2) is 0 Å². The van der Waals surface area contributed by atoms with Crippen molar-refractivity contribution < 1.29 is 9.31 Å². The van der Waals surface area contributed by atoms with E-state index in [1.807, 2.05) is 7.05 Å². The predicted molar refractivity (Wildman–Crippen MR) is 75.0 cm³/mol. The zero-order valence-electron chi connectivity index (χ0n) is 11.9. The van der Waals surface area contributed by atoms with Crippen LogP contribution in [-0.4, -0.2) is 47.9 Å². The highest BCUT2D eigenvalue weighted by molar-refractivity contribution is 5.36. The van der Waals surface area contributed by atoms with Gasteiger partial charge in [0.2, 0.25) is 5.82 Å². The van der Waals surface area contributed by atoms with Gasteiger partial charge in [-0.15, -0.1) is 0 Å². The van der Waals surface area contributed by atoms with E-state index in [1.54, 1.807) is 12.1 Å². The van der Waals surface area contributed by atoms with E-state index >= 15 is 0 Å². The zero-order chi connectivity index (χ0) is 14.7. The molecule has 6 heteroatoms. The number of nitro benzene ring substituents is 1. The molecule has 1 saturated heterocycles. The molecule has 1 aliphatic heterocycles. The average Bonchev–Trinajstić information content (AvgIpc) is 2.41. The Kier molecular flexibility index (Phi) is 4.67. The van der Waals surface area contributed by atoms with Crippen LogP contribution >= 0.6 is 0 Å². The highest BCUT2D eigenvalue weighted by Crippen LogP contribution is 2.23. The Labute approximate surface area is 118 Å². The number of hydrogen-bond acceptors (Lipinski definition) is 4. The van der Waals surface area contributed by atoms with Crippen LogP contribution in [0, 0.1) is 15.9 Å². The number of likely N-dealkylation sites (tertiary alicyclic amines) is 1. The molecular formula is C14H20FN3O2. The highest BCUT2D eigenvalue weighted by atomic mass is 19.1. The fraction of sp³-hybridized carbons (Fsp3) is 0.571. The molecule has 0 unspecified atom stereocenters. The van der Waals surface area contributed by atoms with Gasteiger partial charge in [-0.1, -0.05) is 12.1 Å². The smallest absolute Gasteiger partial charge is 0.305 e. The Hall–Kier alpha value is -1.53. The van der Waals surface area contributed by atoms with Gasteiger partial charge in [0.1, 0.15) is 0 Å². The molecule has 0 saturated carbocycles. The van der Waals surface area contributed by atoms with Gasteiger partial charge in [-0.05, 0) is 40.0 Å². The predicted octanol–water partition coefficient (Wildman–Crippen LogP) is 2.26. The van der Waals surface area contributed by atoms with E-state index in [2.05, 4.69) is 16.8 Å². The van der Waals surface area contributed by atoms with Gasteiger partial charge in [-0.2, -0.15) is 4.39 Å². The van der Waals surface area contributed by atoms with Crippen molar-refractivity contribution in [2.75, 3.05) is 27.2 Å². The van der Waals surface area contributed by atoms with Crippen LogP contribution in [0.5, 0.6) is 0 Å². The summed E-state index contributed by atoms with van der Waals surface area (Å²) in [5.74, 6) is -0.711. The number of halogens is 1. The Morgan fingerprint density at radius 2 is 2.10 bits per heavy atom. The van der Waals surface area contributed by atoms with Crippen molar-refractivity contribution in [2.24, 2.45) is 0 Å². The number of nitro groups is 1. The molecule has 0 amide bonds. The molecule has 0 N–H and O–H groups in total. The maximum atomic E-state index is 14.0. The summed E-state index contributed by atoms with van der Waals surface area (Å²) in [7, 11) is 4.05. The second kappa shape index (κ2) is 6.28. The molecule has 0 radical (unpaired) electrons. The summed E-state index contributed by atoms with van der Waals surface area (Å²) in [6, 6.07) is 4.77. The number of nitrogens with zero attached hydrogens (tertiary/aromatic N) is 3. The van der Waals surface area contributed by atoms with Crippen LogP contribution in [0.1, 0.15) is 18.4 Å². The largest absolute Gasteiger partial charge is 0.306 e. The third kappa shape index (κ3) is 3.32. The lowest BCUT2D eigenvalue weighted by Gasteiger charge is -2.35. The van der Waals surface area contributed by atoms with E-state index in [4.69, 9.17) is 0 Å². The Bertz CT molecular complexity index is 487. The highest BCUT2D eigenvalue weighted by Gasteiger charge is 2.23. The van der Waals surface area contributed by atoms with E-state index < -0.39 is 16.4 Å². The van der Waals surface area contributed by atoms with Crippen molar-refractivity contribution in [1.82, 2.24) is 9.80 Å². The summed E-state index contributed by atoms with van der Waals surface area (Å²) in [5.41, 5.74) is -0.0556. The van der Waals surface area contributed by atoms with Crippen molar-refractivity contribution in [3.63, 3.8) is 0 Å². The Morgan fingerprint density at radius 3 is 2.70 bits per heavy atom. The van der Waals surface area contributed by atoms with Gasteiger partial charge < -0.3 is 4.90 Å². The minimum atomic E-state index is -0.711. The molecule has 0 aliphatic carbocycles. The third-order valence-corrected chi connectivity index (χ3v) is 3.99. The summed E-state index contributed by atoms with van der Waals surface area (Å²) >= 11 is 0. The van der Waals surface area contributed by atoms with E-state index in [-0.39, 0.29) is 0 Å². The molecule has 110 valence electrons. The summed E-state index contributed by atoms with van der Waals surface area (Å²) in [6.45, 7) is 2.47. The quantitative estimate of drug-likeness (QED) is 0.627. The zero-order valence-corrected chi connectivity index (χ0v) is 11.9. The first-order valence-corrected chi connectivity index (χ1v) is 6.79. The van der Waals surface area contributed by atoms with Crippen LogP contribution in [0.3, 0.4) is 0 Å². The summed E-state index contributed by atoms with van der Waals surface area (Å²) in [5, 5.41) is 10.7. The van der Waals surface area contributed by atoms with Crippen LogP contribution in [0.2, 0.25) is 0 Å². The SMILES string of the molecule is CN1CCC(N(C)Cc2cccc([N+](=O)[O-])c2F)CC1. The van der Waals surface area contributed by atoms with E-state index in [0.29, 0.717) is 18.2 Å². The molecule has 5 nitrogen and oxygen atoms in total. The van der Waals surface area contributed by atoms with Gasteiger partial charge in [0.15, 0.2) is 0 Å². The fourth-order valence-corrected chi connectivity index (χ4v) is 2.66. The minimum absolute atomic E-state index is 0.389. The topological polar surface area (TPSA) is 49.6 Å². The summed E-state index contributed by atoms with van der Waals surface area (Å²) < 4.78 is 14.0. The first kappa shape index (κ1) is 14.9. The summed E-state index contributed by atoms with van der Waals surface area (Å²) in [4.78, 5) is 14.4. The fourth-order valence-electron chi connectivity index (χ4n) is 2.66. The maximum Gasteiger partial charge on any atom is 0.305 e. The number of benzene rings is 1. The Balaban J connectivity index is 2.06. The van der Waals surface area contributed by atoms with Crippen LogP contribution < -0.4 is 0 Å². The standard InChI is InChI=1S/C14H20FN3O2/c1-16-8-6-12(7-9-16)17(2)10-11-4-3-5-13(14(11)15)18(19)20/h3-5,12H,6-10H2,1-2H3. The van der Waals surface area contributed by atoms with Gasteiger partial charge in [0.25, 0.3) is 0 Å². The lowest BCUT2D eigenvalue weighted by Crippen LogP contribution is -2.41. The van der Waals surface area contributed by atoms with Crippen LogP contribution in [0.15, 0.2) is 18.2 Å². The lowest BCUT2D eigenvalue weighted by atomic mass is 10.0. The summed E-state index contributed by atoms with van der Waals surface area (Å²) in [6.07, 6.45) is 2.09. The van der Waals surface area contributed by atoms with E-state index in [1.165, 1.54) is 6.07 Å². The maximum absolute atomic E-state index is 14.0. The average molecular weight is 281 g/mol. The normalized spacial score (nSPS) is 17.6. The Morgan fingerprint density at radius 1 is 1.45 bits per heavy atom. The van der Waals surface area contributed by atoms with Crippen LogP contribution in [0.4, 0.5) is 10.1 Å². The van der Waals surface area contributed by atoms with Crippen molar-refractivity contribution in [3.05, 3.63) is 39.7 Å². The van der Waals surface area contributed by atoms with Gasteiger partial charge in [-0.3, -0.25) is 15.0 Å². The van der Waals surface area contributed by atoms with Gasteiger partial charge >= 0.3 is 5.69 Å². The molecule has 1 fully saturated rings. The molecule has 0 aromatic heterocycles. The van der Waals surface area contributed by atoms with Crippen molar-refractivity contribution >= 4 is 5.69 Å². The first-order valence-electron chi connectivity index (χ1n) is 6.79. The molecule has 0 bridgehead atoms. The molecule has 1 aromatic rings. The second-order valence-corrected chi connectivity index (χ2v) is 5.46. The first-order chi connectivity index (χ1) is 9.49. The number of hydrogen-bond donors (Lipinski definition) is 0.